The van der Waals surface area contributed by atoms with Crippen LogP contribution in [0.2, 0.25) is 10.0 Å². The van der Waals surface area contributed by atoms with Crippen LogP contribution in [0.25, 0.3) is 0 Å². The molecule has 0 saturated heterocycles. The van der Waals surface area contributed by atoms with Gasteiger partial charge in [0.15, 0.2) is 11.0 Å². The minimum absolute atomic E-state index is 0.0662. The van der Waals surface area contributed by atoms with Gasteiger partial charge in [0.1, 0.15) is 5.75 Å². The number of benzene rings is 2. The molecule has 2 aromatic carbocycles. The van der Waals surface area contributed by atoms with Crippen molar-refractivity contribution in [1.29, 1.82) is 0 Å². The molecule has 4 rings (SSSR count). The first-order valence-corrected chi connectivity index (χ1v) is 11.8. The molecule has 2 atom stereocenters. The Hall–Kier alpha value is -2.68. The Balaban J connectivity index is 1.40. The van der Waals surface area contributed by atoms with Crippen molar-refractivity contribution < 1.29 is 13.7 Å². The summed E-state index contributed by atoms with van der Waals surface area (Å²) < 4.78 is 21.3. The zero-order valence-corrected chi connectivity index (χ0v) is 19.4. The number of nitrogens with one attached hydrogen (secondary N) is 2. The molecular formula is C22H20Cl2N4O3S. The van der Waals surface area contributed by atoms with Crippen molar-refractivity contribution in [3.63, 3.8) is 0 Å². The fraction of sp³-hybridized carbons (Fsp3) is 0.227. The molecule has 32 heavy (non-hydrogen) atoms. The number of anilines is 2. The van der Waals surface area contributed by atoms with Gasteiger partial charge in [-0.05, 0) is 67.8 Å². The second kappa shape index (κ2) is 9.85. The summed E-state index contributed by atoms with van der Waals surface area (Å²) in [7, 11) is -1.53. The van der Waals surface area contributed by atoms with Crippen molar-refractivity contribution in [1.82, 2.24) is 9.97 Å². The fourth-order valence-corrected chi connectivity index (χ4v) is 4.63. The minimum Gasteiger partial charge on any atom is -0.492 e. The van der Waals surface area contributed by atoms with Gasteiger partial charge in [-0.2, -0.15) is 0 Å². The number of rotatable bonds is 7. The van der Waals surface area contributed by atoms with Gasteiger partial charge in [-0.15, -0.1) is 0 Å². The minimum atomic E-state index is -1.53. The molecule has 0 saturated carbocycles. The van der Waals surface area contributed by atoms with Crippen LogP contribution in [0.15, 0.2) is 53.6 Å². The topological polar surface area (TPSA) is 93.2 Å². The van der Waals surface area contributed by atoms with Gasteiger partial charge in [-0.3, -0.25) is 9.52 Å². The first kappa shape index (κ1) is 22.5. The third-order valence-electron chi connectivity index (χ3n) is 4.98. The van der Waals surface area contributed by atoms with E-state index in [-0.39, 0.29) is 11.8 Å². The maximum Gasteiger partial charge on any atom is 0.235 e. The largest absolute Gasteiger partial charge is 0.492 e. The number of ether oxygens (including phenoxy) is 1. The van der Waals surface area contributed by atoms with E-state index in [4.69, 9.17) is 27.9 Å². The van der Waals surface area contributed by atoms with Crippen LogP contribution < -0.4 is 14.8 Å². The molecule has 0 bridgehead atoms. The van der Waals surface area contributed by atoms with Gasteiger partial charge in [0.2, 0.25) is 11.9 Å². The van der Waals surface area contributed by atoms with Gasteiger partial charge < -0.3 is 10.1 Å². The Morgan fingerprint density at radius 2 is 2.06 bits per heavy atom. The molecule has 2 unspecified atom stereocenters. The molecule has 10 heteroatoms. The standard InChI is InChI=1S/C22H20Cl2N4O3S/c1-13-6-8-25-22(26-13)28-32(30)17-3-4-19-15(11-17)10-14(21(29)27-19)7-9-31-20-5-2-16(23)12-18(20)24/h2-6,8,11-12,14H,7,9-10H2,1H3,(H,27,29)(H,25,26,28). The van der Waals surface area contributed by atoms with E-state index in [0.29, 0.717) is 46.1 Å². The normalized spacial score (nSPS) is 16.1. The molecule has 1 amide bonds. The quantitative estimate of drug-likeness (QED) is 0.495. The average Bonchev–Trinajstić information content (AvgIpc) is 2.75. The predicted molar refractivity (Wildman–Crippen MR) is 126 cm³/mol. The lowest BCUT2D eigenvalue weighted by atomic mass is 9.91. The molecule has 2 N–H and O–H groups in total. The van der Waals surface area contributed by atoms with Crippen molar-refractivity contribution in [2.24, 2.45) is 5.92 Å². The van der Waals surface area contributed by atoms with Gasteiger partial charge in [0.05, 0.1) is 16.5 Å². The van der Waals surface area contributed by atoms with Crippen LogP contribution in [-0.2, 0) is 22.2 Å². The van der Waals surface area contributed by atoms with E-state index in [1.807, 2.05) is 13.0 Å². The highest BCUT2D eigenvalue weighted by atomic mass is 35.5. The summed E-state index contributed by atoms with van der Waals surface area (Å²) >= 11 is 12.0. The third kappa shape index (κ3) is 5.38. The van der Waals surface area contributed by atoms with Gasteiger partial charge in [-0.25, -0.2) is 14.2 Å². The van der Waals surface area contributed by atoms with Crippen molar-refractivity contribution in [3.8, 4) is 5.75 Å². The van der Waals surface area contributed by atoms with E-state index in [9.17, 15) is 9.00 Å². The molecule has 1 aliphatic rings. The highest BCUT2D eigenvalue weighted by Crippen LogP contribution is 2.31. The lowest BCUT2D eigenvalue weighted by Crippen LogP contribution is -2.31. The average molecular weight is 491 g/mol. The Morgan fingerprint density at radius 3 is 2.84 bits per heavy atom. The van der Waals surface area contributed by atoms with Crippen molar-refractivity contribution >= 4 is 51.7 Å². The second-order valence-electron chi connectivity index (χ2n) is 7.31. The number of nitrogens with zero attached hydrogens (tertiary/aromatic N) is 2. The van der Waals surface area contributed by atoms with Crippen LogP contribution in [0.5, 0.6) is 5.75 Å². The molecule has 0 fully saturated rings. The van der Waals surface area contributed by atoms with Crippen LogP contribution in [0.1, 0.15) is 17.7 Å². The van der Waals surface area contributed by atoms with Gasteiger partial charge in [-0.1, -0.05) is 23.2 Å². The molecular weight excluding hydrogens is 471 g/mol. The Kier molecular flexibility index (Phi) is 6.93. The summed E-state index contributed by atoms with van der Waals surface area (Å²) in [6.07, 6.45) is 2.63. The Bertz CT molecular complexity index is 1190. The van der Waals surface area contributed by atoms with E-state index in [2.05, 4.69) is 20.0 Å². The molecule has 0 radical (unpaired) electrons. The lowest BCUT2D eigenvalue weighted by molar-refractivity contribution is -0.120. The summed E-state index contributed by atoms with van der Waals surface area (Å²) in [5, 5.41) is 3.87. The van der Waals surface area contributed by atoms with Gasteiger partial charge >= 0.3 is 0 Å². The number of hydrogen-bond acceptors (Lipinski definition) is 5. The monoisotopic (exact) mass is 490 g/mol. The molecule has 166 valence electrons. The number of halogens is 2. The number of fused-ring (bicyclic) bond motifs is 1. The van der Waals surface area contributed by atoms with Crippen molar-refractivity contribution in [3.05, 3.63) is 70.0 Å². The van der Waals surface area contributed by atoms with Crippen LogP contribution in [-0.4, -0.2) is 26.7 Å². The van der Waals surface area contributed by atoms with Crippen LogP contribution in [0, 0.1) is 12.8 Å². The first-order valence-electron chi connectivity index (χ1n) is 9.89. The zero-order valence-electron chi connectivity index (χ0n) is 17.1. The van der Waals surface area contributed by atoms with Crippen molar-refractivity contribution in [2.75, 3.05) is 16.6 Å². The van der Waals surface area contributed by atoms with E-state index in [1.165, 1.54) is 0 Å². The smallest absolute Gasteiger partial charge is 0.235 e. The number of hydrogen-bond donors (Lipinski definition) is 2. The highest BCUT2D eigenvalue weighted by molar-refractivity contribution is 7.86. The maximum absolute atomic E-state index is 12.7. The number of aromatic nitrogens is 2. The molecule has 2 heterocycles. The number of carbonyl (C=O) groups excluding carboxylic acids is 1. The second-order valence-corrected chi connectivity index (χ2v) is 9.37. The fourth-order valence-electron chi connectivity index (χ4n) is 3.35. The summed E-state index contributed by atoms with van der Waals surface area (Å²) in [4.78, 5) is 21.4. The lowest BCUT2D eigenvalue weighted by Gasteiger charge is -2.25. The summed E-state index contributed by atoms with van der Waals surface area (Å²) in [6, 6.07) is 12.1. The summed E-state index contributed by atoms with van der Waals surface area (Å²) in [6.45, 7) is 2.16. The Labute approximate surface area is 198 Å². The highest BCUT2D eigenvalue weighted by Gasteiger charge is 2.27. The van der Waals surface area contributed by atoms with Gasteiger partial charge in [0, 0.05) is 28.5 Å². The van der Waals surface area contributed by atoms with Crippen molar-refractivity contribution in [2.45, 2.75) is 24.7 Å². The maximum atomic E-state index is 12.7. The molecule has 0 aliphatic carbocycles. The first-order chi connectivity index (χ1) is 15.4. The summed E-state index contributed by atoms with van der Waals surface area (Å²) in [5.41, 5.74) is 2.41. The van der Waals surface area contributed by atoms with E-state index in [1.54, 1.807) is 42.6 Å². The van der Waals surface area contributed by atoms with E-state index < -0.39 is 11.0 Å². The number of amides is 1. The Morgan fingerprint density at radius 1 is 1.22 bits per heavy atom. The zero-order chi connectivity index (χ0) is 22.7. The van der Waals surface area contributed by atoms with Crippen LogP contribution >= 0.6 is 23.2 Å². The molecule has 1 aliphatic heterocycles. The molecule has 0 spiro atoms. The number of aryl methyl sites for hydroxylation is 1. The van der Waals surface area contributed by atoms with Crippen LogP contribution in [0.4, 0.5) is 11.6 Å². The molecule has 7 nitrogen and oxygen atoms in total. The predicted octanol–water partition coefficient (Wildman–Crippen LogP) is 4.81. The molecule has 1 aromatic heterocycles. The SMILES string of the molecule is Cc1ccnc(NS(=O)c2ccc3c(c2)CC(CCOc2ccc(Cl)cc2Cl)C(=O)N3)n1. The molecule has 3 aromatic rings. The summed E-state index contributed by atoms with van der Waals surface area (Å²) in [5.74, 6) is 0.480. The third-order valence-corrected chi connectivity index (χ3v) is 6.56. The van der Waals surface area contributed by atoms with E-state index >= 15 is 0 Å². The van der Waals surface area contributed by atoms with Crippen LogP contribution in [0.3, 0.4) is 0 Å². The van der Waals surface area contributed by atoms with Gasteiger partial charge in [0.25, 0.3) is 0 Å². The number of carbonyl (C=O) groups is 1. The van der Waals surface area contributed by atoms with E-state index in [0.717, 1.165) is 16.9 Å².